The molecule has 0 aromatic rings. The van der Waals surface area contributed by atoms with Crippen molar-refractivity contribution >= 4 is 0 Å². The Bertz CT molecular complexity index is 706. The van der Waals surface area contributed by atoms with Gasteiger partial charge in [0.15, 0.2) is 0 Å². The van der Waals surface area contributed by atoms with Gasteiger partial charge in [0.2, 0.25) is 0 Å². The van der Waals surface area contributed by atoms with E-state index in [1.54, 1.807) is 26.0 Å². The first-order valence-corrected chi connectivity index (χ1v) is 11.9. The fraction of sp³-hybridized carbons (Fsp3) is 0.600. The lowest BCUT2D eigenvalue weighted by atomic mass is 9.98. The van der Waals surface area contributed by atoms with E-state index in [9.17, 15) is 10.2 Å². The minimum absolute atomic E-state index is 0.558. The van der Waals surface area contributed by atoms with Gasteiger partial charge < -0.3 is 10.2 Å². The molecule has 0 aromatic heterocycles. The number of hydrogen-bond donors (Lipinski definition) is 2. The van der Waals surface area contributed by atoms with Crippen LogP contribution in [0.15, 0.2) is 47.6 Å². The van der Waals surface area contributed by atoms with E-state index in [4.69, 9.17) is 0 Å². The Morgan fingerprint density at radius 2 is 1.06 bits per heavy atom. The summed E-state index contributed by atoms with van der Waals surface area (Å²) in [6.45, 7) is 16.2. The maximum absolute atomic E-state index is 10.4. The molecule has 0 aliphatic heterocycles. The number of rotatable bonds is 12. The van der Waals surface area contributed by atoms with E-state index in [2.05, 4.69) is 77.4 Å². The van der Waals surface area contributed by atoms with Gasteiger partial charge in [0, 0.05) is 0 Å². The Labute approximate surface area is 198 Å². The Morgan fingerprint density at radius 1 is 0.719 bits per heavy atom. The topological polar surface area (TPSA) is 40.5 Å². The average Bonchev–Trinajstić information content (AvgIpc) is 2.64. The molecular formula is C30H46O2. The lowest BCUT2D eigenvalue weighted by molar-refractivity contribution is 0.173. The highest BCUT2D eigenvalue weighted by atomic mass is 16.3. The summed E-state index contributed by atoms with van der Waals surface area (Å²) in [5.74, 6) is 12.0. The second-order valence-electron chi connectivity index (χ2n) is 10.00. The van der Waals surface area contributed by atoms with Crippen LogP contribution in [0.3, 0.4) is 0 Å². The van der Waals surface area contributed by atoms with Crippen molar-refractivity contribution in [2.24, 2.45) is 11.8 Å². The van der Waals surface area contributed by atoms with Crippen molar-refractivity contribution in [3.05, 3.63) is 47.6 Å². The van der Waals surface area contributed by atoms with E-state index in [1.165, 1.54) is 11.1 Å². The van der Waals surface area contributed by atoms with Crippen LogP contribution in [0.25, 0.3) is 0 Å². The minimum Gasteiger partial charge on any atom is -0.374 e. The third-order valence-corrected chi connectivity index (χ3v) is 5.08. The van der Waals surface area contributed by atoms with Gasteiger partial charge in [-0.2, -0.15) is 0 Å². The second-order valence-corrected chi connectivity index (χ2v) is 10.00. The van der Waals surface area contributed by atoms with E-state index in [1.807, 2.05) is 12.2 Å². The highest BCUT2D eigenvalue weighted by Crippen LogP contribution is 2.15. The summed E-state index contributed by atoms with van der Waals surface area (Å²) in [6, 6.07) is 0. The molecule has 0 aliphatic carbocycles. The van der Waals surface area contributed by atoms with Crippen molar-refractivity contribution in [3.8, 4) is 23.7 Å². The van der Waals surface area contributed by atoms with Crippen LogP contribution in [0.1, 0.15) is 93.9 Å². The molecule has 0 fully saturated rings. The van der Waals surface area contributed by atoms with Gasteiger partial charge in [-0.1, -0.05) is 61.1 Å². The van der Waals surface area contributed by atoms with Crippen LogP contribution in [0.4, 0.5) is 0 Å². The van der Waals surface area contributed by atoms with Gasteiger partial charge in [0.25, 0.3) is 0 Å². The number of allylic oxidation sites excluding steroid dienone is 6. The van der Waals surface area contributed by atoms with Gasteiger partial charge in [-0.15, -0.1) is 0 Å². The fourth-order valence-electron chi connectivity index (χ4n) is 3.01. The lowest BCUT2D eigenvalue weighted by Gasteiger charge is -2.12. The molecule has 0 rings (SSSR count). The summed E-state index contributed by atoms with van der Waals surface area (Å²) in [5, 5.41) is 20.8. The molecular weight excluding hydrogens is 392 g/mol. The third-order valence-electron chi connectivity index (χ3n) is 5.08. The highest BCUT2D eigenvalue weighted by molar-refractivity contribution is 5.35. The Hall–Kier alpha value is -2.00. The second kappa shape index (κ2) is 15.7. The van der Waals surface area contributed by atoms with Crippen molar-refractivity contribution in [3.63, 3.8) is 0 Å². The Morgan fingerprint density at radius 3 is 1.38 bits per heavy atom. The summed E-state index contributed by atoms with van der Waals surface area (Å²) >= 11 is 0. The summed E-state index contributed by atoms with van der Waals surface area (Å²) < 4.78 is 0. The van der Waals surface area contributed by atoms with Crippen LogP contribution >= 0.6 is 0 Å². The minimum atomic E-state index is -1.23. The molecule has 178 valence electrons. The first-order chi connectivity index (χ1) is 14.8. The van der Waals surface area contributed by atoms with Crippen LogP contribution in [0.5, 0.6) is 0 Å². The van der Waals surface area contributed by atoms with Gasteiger partial charge in [-0.3, -0.25) is 0 Å². The molecule has 0 aromatic carbocycles. The maximum atomic E-state index is 10.4. The van der Waals surface area contributed by atoms with Crippen LogP contribution < -0.4 is 0 Å². The molecule has 4 unspecified atom stereocenters. The summed E-state index contributed by atoms with van der Waals surface area (Å²) in [6.07, 6.45) is 18.2. The predicted octanol–water partition coefficient (Wildman–Crippen LogP) is 7.15. The van der Waals surface area contributed by atoms with Gasteiger partial charge >= 0.3 is 0 Å². The molecule has 2 heteroatoms. The van der Waals surface area contributed by atoms with E-state index >= 15 is 0 Å². The lowest BCUT2D eigenvalue weighted by Crippen LogP contribution is -2.18. The fourth-order valence-corrected chi connectivity index (χ4v) is 3.01. The quantitative estimate of drug-likeness (QED) is 0.251. The largest absolute Gasteiger partial charge is 0.374 e. The molecule has 0 saturated heterocycles. The molecule has 0 heterocycles. The molecule has 0 bridgehead atoms. The molecule has 0 saturated carbocycles. The molecule has 4 atom stereocenters. The molecule has 2 N–H and O–H groups in total. The zero-order chi connectivity index (χ0) is 24.6. The van der Waals surface area contributed by atoms with Gasteiger partial charge in [0.05, 0.1) is 0 Å². The predicted molar refractivity (Wildman–Crippen MR) is 140 cm³/mol. The van der Waals surface area contributed by atoms with E-state index in [-0.39, 0.29) is 0 Å². The van der Waals surface area contributed by atoms with Crippen molar-refractivity contribution in [1.29, 1.82) is 0 Å². The monoisotopic (exact) mass is 438 g/mol. The van der Waals surface area contributed by atoms with Crippen molar-refractivity contribution in [2.75, 3.05) is 0 Å². The standard InChI is InChI=1S/C30H46O2/c1-25(2)15-11-17-27(5)19-13-23-29(7,31)21-9-10-22-30(8,32)24-14-20-28(6)18-12-16-26(3)4/h13-16,23-24,27-28,31-32H,11-12,17-20H2,1-8H3. The first-order valence-electron chi connectivity index (χ1n) is 11.9. The smallest absolute Gasteiger partial charge is 0.142 e. The average molecular weight is 439 g/mol. The summed E-state index contributed by atoms with van der Waals surface area (Å²) in [7, 11) is 0. The Balaban J connectivity index is 4.61. The molecule has 32 heavy (non-hydrogen) atoms. The van der Waals surface area contributed by atoms with Crippen LogP contribution in [0, 0.1) is 35.5 Å². The number of aliphatic hydroxyl groups is 2. The number of hydrogen-bond acceptors (Lipinski definition) is 2. The van der Waals surface area contributed by atoms with Crippen LogP contribution in [0.2, 0.25) is 0 Å². The normalized spacial score (nSPS) is 16.7. The van der Waals surface area contributed by atoms with Crippen molar-refractivity contribution < 1.29 is 10.2 Å². The van der Waals surface area contributed by atoms with E-state index in [0.717, 1.165) is 38.5 Å². The molecule has 2 nitrogen and oxygen atoms in total. The molecule has 0 spiro atoms. The van der Waals surface area contributed by atoms with Crippen molar-refractivity contribution in [1.82, 2.24) is 0 Å². The highest BCUT2D eigenvalue weighted by Gasteiger charge is 2.13. The van der Waals surface area contributed by atoms with E-state index in [0.29, 0.717) is 11.8 Å². The zero-order valence-electron chi connectivity index (χ0n) is 21.8. The van der Waals surface area contributed by atoms with Gasteiger partial charge in [-0.05, 0) is 116 Å². The van der Waals surface area contributed by atoms with E-state index < -0.39 is 11.2 Å². The SMILES string of the molecule is CC(C)=CCCC(C)CC=CC(C)(O)C#CC#CC(C)(O)C=CCC(C)CCC=C(C)C. The van der Waals surface area contributed by atoms with Crippen LogP contribution in [-0.4, -0.2) is 21.4 Å². The van der Waals surface area contributed by atoms with Gasteiger partial charge in [-0.25, -0.2) is 0 Å². The molecule has 0 aliphatic rings. The third kappa shape index (κ3) is 18.7. The Kier molecular flexibility index (Phi) is 14.8. The van der Waals surface area contributed by atoms with Crippen LogP contribution in [-0.2, 0) is 0 Å². The maximum Gasteiger partial charge on any atom is 0.142 e. The van der Waals surface area contributed by atoms with Crippen molar-refractivity contribution in [2.45, 2.75) is 105 Å². The first kappa shape index (κ1) is 30.0. The zero-order valence-corrected chi connectivity index (χ0v) is 21.8. The summed E-state index contributed by atoms with van der Waals surface area (Å²) in [5.41, 5.74) is 0.255. The van der Waals surface area contributed by atoms with Gasteiger partial charge in [0.1, 0.15) is 11.2 Å². The summed E-state index contributed by atoms with van der Waals surface area (Å²) in [4.78, 5) is 0. The molecule has 0 radical (unpaired) electrons. The molecule has 0 amide bonds.